The van der Waals surface area contributed by atoms with Gasteiger partial charge in [-0.05, 0) is 79.3 Å². The predicted octanol–water partition coefficient (Wildman–Crippen LogP) is 4.54. The number of pyridine rings is 1. The molecular weight excluding hydrogens is 472 g/mol. The van der Waals surface area contributed by atoms with E-state index >= 15 is 0 Å². The van der Waals surface area contributed by atoms with Crippen LogP contribution in [0, 0.1) is 5.92 Å². The average Bonchev–Trinajstić information content (AvgIpc) is 3.48. The second kappa shape index (κ2) is 10.3. The zero-order chi connectivity index (χ0) is 26.1. The van der Waals surface area contributed by atoms with Crippen molar-refractivity contribution in [2.45, 2.75) is 44.6 Å². The van der Waals surface area contributed by atoms with Crippen LogP contribution in [0.3, 0.4) is 0 Å². The van der Waals surface area contributed by atoms with Crippen LogP contribution in [-0.2, 0) is 11.2 Å². The number of aromatic nitrogens is 1. The highest BCUT2D eigenvalue weighted by molar-refractivity contribution is 5.78. The van der Waals surface area contributed by atoms with Gasteiger partial charge in [0.2, 0.25) is 6.79 Å². The number of carbonyl (C=O) groups is 1. The lowest BCUT2D eigenvalue weighted by Crippen LogP contribution is -2.25. The number of fused-ring (bicyclic) bond motifs is 2. The molecule has 194 valence electrons. The normalized spacial score (nSPS) is 19.6. The molecule has 3 N–H and O–H groups in total. The van der Waals surface area contributed by atoms with E-state index in [0.29, 0.717) is 35.9 Å². The number of hydrogen-bond acceptors (Lipinski definition) is 7. The Hall–Kier alpha value is -3.78. The van der Waals surface area contributed by atoms with Gasteiger partial charge < -0.3 is 29.7 Å². The molecule has 3 atom stereocenters. The average molecular weight is 505 g/mol. The minimum Gasteiger partial charge on any atom is -0.497 e. The van der Waals surface area contributed by atoms with Crippen LogP contribution in [0.5, 0.6) is 17.2 Å². The smallest absolute Gasteiger partial charge is 0.308 e. The third-order valence-corrected chi connectivity index (χ3v) is 7.07. The van der Waals surface area contributed by atoms with Gasteiger partial charge in [0.15, 0.2) is 11.5 Å². The third kappa shape index (κ3) is 4.69. The molecule has 8 heteroatoms. The summed E-state index contributed by atoms with van der Waals surface area (Å²) < 4.78 is 16.6. The predicted molar refractivity (Wildman–Crippen MR) is 139 cm³/mol. The molecule has 0 saturated heterocycles. The zero-order valence-corrected chi connectivity index (χ0v) is 21.2. The van der Waals surface area contributed by atoms with Crippen LogP contribution in [0.2, 0.25) is 0 Å². The van der Waals surface area contributed by atoms with Crippen LogP contribution >= 0.6 is 0 Å². The summed E-state index contributed by atoms with van der Waals surface area (Å²) in [6.07, 6.45) is 1.16. The molecule has 0 saturated carbocycles. The Kier molecular flexibility index (Phi) is 6.93. The summed E-state index contributed by atoms with van der Waals surface area (Å²) in [7, 11) is 1.61. The van der Waals surface area contributed by atoms with Crippen molar-refractivity contribution in [3.8, 4) is 17.2 Å². The van der Waals surface area contributed by atoms with E-state index in [2.05, 4.69) is 5.32 Å². The molecule has 0 radical (unpaired) electrons. The maximum atomic E-state index is 13.0. The van der Waals surface area contributed by atoms with Crippen molar-refractivity contribution < 1.29 is 29.2 Å². The van der Waals surface area contributed by atoms with E-state index in [1.165, 1.54) is 0 Å². The maximum Gasteiger partial charge on any atom is 0.308 e. The number of hydrogen-bond donors (Lipinski definition) is 3. The fourth-order valence-electron chi connectivity index (χ4n) is 5.55. The zero-order valence-electron chi connectivity index (χ0n) is 21.2. The molecule has 2 heterocycles. The fraction of sp³-hybridized carbons (Fsp3) is 0.379. The molecule has 8 nitrogen and oxygen atoms in total. The van der Waals surface area contributed by atoms with E-state index in [1.54, 1.807) is 7.11 Å². The number of carboxylic acid groups (broad SMARTS) is 1. The minimum absolute atomic E-state index is 0.0425. The molecule has 37 heavy (non-hydrogen) atoms. The van der Waals surface area contributed by atoms with E-state index in [4.69, 9.17) is 19.2 Å². The largest absolute Gasteiger partial charge is 0.497 e. The van der Waals surface area contributed by atoms with Crippen molar-refractivity contribution in [1.29, 1.82) is 0 Å². The second-order valence-corrected chi connectivity index (χ2v) is 9.79. The highest BCUT2D eigenvalue weighted by Gasteiger charge is 2.48. The van der Waals surface area contributed by atoms with Crippen molar-refractivity contribution in [3.05, 3.63) is 76.5 Å². The van der Waals surface area contributed by atoms with Crippen LogP contribution in [0.25, 0.3) is 0 Å². The van der Waals surface area contributed by atoms with Gasteiger partial charge in [0, 0.05) is 24.5 Å². The van der Waals surface area contributed by atoms with Gasteiger partial charge in [0.05, 0.1) is 18.7 Å². The number of benzene rings is 2. The SMILES string of the molecule is COc1ccc([C@@H]2c3nc(NC(C)C)ccc3[C@H](c3ccc4c(c3)OCO4)[C@H]2C(=O)O)c(CCCO)c1. The lowest BCUT2D eigenvalue weighted by atomic mass is 9.78. The van der Waals surface area contributed by atoms with Crippen LogP contribution in [0.4, 0.5) is 5.82 Å². The van der Waals surface area contributed by atoms with Crippen molar-refractivity contribution >= 4 is 11.8 Å². The van der Waals surface area contributed by atoms with Crippen LogP contribution in [0.15, 0.2) is 48.5 Å². The molecule has 0 unspecified atom stereocenters. The Morgan fingerprint density at radius 1 is 1.08 bits per heavy atom. The molecule has 1 aromatic heterocycles. The monoisotopic (exact) mass is 504 g/mol. The van der Waals surface area contributed by atoms with Crippen molar-refractivity contribution in [3.63, 3.8) is 0 Å². The van der Waals surface area contributed by atoms with Gasteiger partial charge in [0.1, 0.15) is 11.6 Å². The van der Waals surface area contributed by atoms with Gasteiger partial charge in [-0.2, -0.15) is 0 Å². The van der Waals surface area contributed by atoms with E-state index in [1.807, 2.05) is 62.4 Å². The van der Waals surface area contributed by atoms with Gasteiger partial charge in [0.25, 0.3) is 0 Å². The lowest BCUT2D eigenvalue weighted by molar-refractivity contribution is -0.142. The molecule has 2 aromatic carbocycles. The summed E-state index contributed by atoms with van der Waals surface area (Å²) in [5.74, 6) is 0.0624. The number of aliphatic carboxylic acids is 1. The molecule has 5 rings (SSSR count). The highest BCUT2D eigenvalue weighted by atomic mass is 16.7. The van der Waals surface area contributed by atoms with Gasteiger partial charge in [-0.3, -0.25) is 4.79 Å². The van der Waals surface area contributed by atoms with Gasteiger partial charge in [-0.15, -0.1) is 0 Å². The topological polar surface area (TPSA) is 110 Å². The number of nitrogens with zero attached hydrogens (tertiary/aromatic N) is 1. The number of aliphatic hydroxyl groups excluding tert-OH is 1. The fourth-order valence-corrected chi connectivity index (χ4v) is 5.55. The summed E-state index contributed by atoms with van der Waals surface area (Å²) >= 11 is 0. The highest BCUT2D eigenvalue weighted by Crippen LogP contribution is 2.54. The van der Waals surface area contributed by atoms with E-state index in [0.717, 1.165) is 27.9 Å². The Balaban J connectivity index is 1.70. The third-order valence-electron chi connectivity index (χ3n) is 7.07. The molecule has 1 aliphatic heterocycles. The first kappa shape index (κ1) is 24.9. The number of aryl methyl sites for hydroxylation is 1. The molecule has 3 aromatic rings. The molecule has 0 amide bonds. The number of aliphatic hydroxyl groups is 1. The minimum atomic E-state index is -0.895. The standard InChI is InChI=1S/C29H32N2O6/c1-16(2)30-24-11-9-21-25(18-6-10-22-23(14-18)37-15-36-22)27(29(33)34)26(28(21)31-24)20-8-7-19(35-3)13-17(20)5-4-12-32/h6-11,13-14,16,25-27,32H,4-5,12,15H2,1-3H3,(H,30,31)(H,33,34)/t25-,26-,27+/m0/s1. The van der Waals surface area contributed by atoms with Gasteiger partial charge >= 0.3 is 5.97 Å². The van der Waals surface area contributed by atoms with Crippen molar-refractivity contribution in [1.82, 2.24) is 4.98 Å². The Morgan fingerprint density at radius 3 is 2.59 bits per heavy atom. The van der Waals surface area contributed by atoms with E-state index in [9.17, 15) is 15.0 Å². The molecule has 1 aliphatic carbocycles. The first-order valence-electron chi connectivity index (χ1n) is 12.6. The van der Waals surface area contributed by atoms with Crippen LogP contribution in [0.1, 0.15) is 60.1 Å². The second-order valence-electron chi connectivity index (χ2n) is 9.79. The number of anilines is 1. The Morgan fingerprint density at radius 2 is 1.86 bits per heavy atom. The van der Waals surface area contributed by atoms with Gasteiger partial charge in [-0.1, -0.05) is 18.2 Å². The molecule has 0 spiro atoms. The number of ether oxygens (including phenoxy) is 3. The summed E-state index contributed by atoms with van der Waals surface area (Å²) in [6, 6.07) is 15.5. The summed E-state index contributed by atoms with van der Waals surface area (Å²) in [4.78, 5) is 18.0. The van der Waals surface area contributed by atoms with E-state index < -0.39 is 23.7 Å². The molecule has 0 bridgehead atoms. The number of nitrogens with one attached hydrogen (secondary N) is 1. The first-order chi connectivity index (χ1) is 17.9. The lowest BCUT2D eigenvalue weighted by Gasteiger charge is -2.24. The summed E-state index contributed by atoms with van der Waals surface area (Å²) in [5.41, 5.74) is 4.31. The van der Waals surface area contributed by atoms with Gasteiger partial charge in [-0.25, -0.2) is 4.98 Å². The number of methoxy groups -OCH3 is 1. The molecule has 0 fully saturated rings. The van der Waals surface area contributed by atoms with E-state index in [-0.39, 0.29) is 19.4 Å². The summed E-state index contributed by atoms with van der Waals surface area (Å²) in [6.45, 7) is 4.27. The number of rotatable bonds is 9. The first-order valence-corrected chi connectivity index (χ1v) is 12.6. The van der Waals surface area contributed by atoms with Crippen LogP contribution < -0.4 is 19.5 Å². The maximum absolute atomic E-state index is 13.0. The number of carboxylic acids is 1. The molecular formula is C29H32N2O6. The van der Waals surface area contributed by atoms with Crippen molar-refractivity contribution in [2.24, 2.45) is 5.92 Å². The summed E-state index contributed by atoms with van der Waals surface area (Å²) in [5, 5.41) is 23.5. The Bertz CT molecular complexity index is 1310. The Labute approximate surface area is 216 Å². The van der Waals surface area contributed by atoms with Crippen LogP contribution in [-0.4, -0.2) is 47.7 Å². The van der Waals surface area contributed by atoms with Crippen molar-refractivity contribution in [2.75, 3.05) is 25.8 Å². The quantitative estimate of drug-likeness (QED) is 0.390. The molecule has 2 aliphatic rings.